The summed E-state index contributed by atoms with van der Waals surface area (Å²) >= 11 is 3.18. The number of carbonyl (C=O) groups excluding carboxylic acids is 1. The molecule has 0 radical (unpaired) electrons. The van der Waals surface area contributed by atoms with E-state index >= 15 is 0 Å². The summed E-state index contributed by atoms with van der Waals surface area (Å²) in [5, 5.41) is 7.90. The number of nitrogens with zero attached hydrogens (tertiary/aromatic N) is 1. The van der Waals surface area contributed by atoms with E-state index in [-0.39, 0.29) is 4.31 Å². The lowest BCUT2D eigenvalue weighted by molar-refractivity contribution is 0.176. The van der Waals surface area contributed by atoms with Gasteiger partial charge in [-0.3, -0.25) is 0 Å². The Labute approximate surface area is 50.6 Å². The van der Waals surface area contributed by atoms with Crippen LogP contribution in [-0.4, -0.2) is 21.5 Å². The van der Waals surface area contributed by atoms with Gasteiger partial charge < -0.3 is 10.8 Å². The minimum absolute atomic E-state index is 0.0833. The zero-order valence-corrected chi connectivity index (χ0v) is 4.63. The molecule has 3 N–H and O–H groups in total. The molecule has 0 saturated carbocycles. The smallest absolute Gasteiger partial charge is 0.425 e. The van der Waals surface area contributed by atoms with Gasteiger partial charge in [-0.25, -0.2) is 9.59 Å². The molecule has 46 valence electrons. The van der Waals surface area contributed by atoms with Crippen molar-refractivity contribution in [1.29, 1.82) is 0 Å². The van der Waals surface area contributed by atoms with E-state index in [9.17, 15) is 9.59 Å². The first-order valence-electron chi connectivity index (χ1n) is 1.57. The number of amides is 3. The molecule has 0 aliphatic rings. The maximum Gasteiger partial charge on any atom is 0.425 e. The highest BCUT2D eigenvalue weighted by Crippen LogP contribution is 1.90. The van der Waals surface area contributed by atoms with E-state index in [4.69, 9.17) is 5.11 Å². The molecule has 0 aromatic carbocycles. The fourth-order valence-corrected chi connectivity index (χ4v) is 0.0943. The van der Waals surface area contributed by atoms with Crippen LogP contribution in [-0.2, 0) is 0 Å². The van der Waals surface area contributed by atoms with Crippen LogP contribution in [0.3, 0.4) is 0 Å². The quantitative estimate of drug-likeness (QED) is 0.406. The summed E-state index contributed by atoms with van der Waals surface area (Å²) in [4.78, 5) is 19.5. The van der Waals surface area contributed by atoms with Gasteiger partial charge in [-0.2, -0.15) is 4.31 Å². The summed E-state index contributed by atoms with van der Waals surface area (Å²) < 4.78 is 0.0833. The lowest BCUT2D eigenvalue weighted by Crippen LogP contribution is -2.31. The fraction of sp³-hybridized carbons (Fsp3) is 0. The van der Waals surface area contributed by atoms with Crippen molar-refractivity contribution in [3.05, 3.63) is 0 Å². The van der Waals surface area contributed by atoms with Crippen LogP contribution in [0.25, 0.3) is 0 Å². The molecule has 5 nitrogen and oxygen atoms in total. The first-order valence-corrected chi connectivity index (χ1v) is 1.97. The Morgan fingerprint density at radius 1 is 1.62 bits per heavy atom. The summed E-state index contributed by atoms with van der Waals surface area (Å²) in [6.45, 7) is 0. The highest BCUT2D eigenvalue weighted by molar-refractivity contribution is 7.79. The molecule has 8 heavy (non-hydrogen) atoms. The third-order valence-electron chi connectivity index (χ3n) is 0.390. The van der Waals surface area contributed by atoms with Gasteiger partial charge in [0, 0.05) is 0 Å². The Kier molecular flexibility index (Phi) is 2.14. The first kappa shape index (κ1) is 7.09. The van der Waals surface area contributed by atoms with E-state index in [1.54, 1.807) is 0 Å². The van der Waals surface area contributed by atoms with Crippen molar-refractivity contribution >= 4 is 24.9 Å². The molecular formula is C2H4N2O3S. The molecule has 0 saturated heterocycles. The second-order valence-electron chi connectivity index (χ2n) is 0.933. The van der Waals surface area contributed by atoms with Crippen molar-refractivity contribution in [3.8, 4) is 0 Å². The number of thiol groups is 1. The molecule has 0 aromatic rings. The van der Waals surface area contributed by atoms with Crippen LogP contribution in [0.1, 0.15) is 0 Å². The van der Waals surface area contributed by atoms with Gasteiger partial charge in [0.2, 0.25) is 0 Å². The number of carbonyl (C=O) groups is 2. The van der Waals surface area contributed by atoms with E-state index in [0.717, 1.165) is 0 Å². The van der Waals surface area contributed by atoms with Gasteiger partial charge in [-0.15, -0.1) is 0 Å². The van der Waals surface area contributed by atoms with Crippen molar-refractivity contribution in [2.24, 2.45) is 5.73 Å². The molecule has 0 aromatic heterocycles. The average molecular weight is 136 g/mol. The van der Waals surface area contributed by atoms with Crippen molar-refractivity contribution < 1.29 is 14.7 Å². The summed E-state index contributed by atoms with van der Waals surface area (Å²) in [5.74, 6) is 0. The second kappa shape index (κ2) is 2.41. The maximum absolute atomic E-state index is 9.83. The van der Waals surface area contributed by atoms with Gasteiger partial charge in [0.25, 0.3) is 0 Å². The van der Waals surface area contributed by atoms with Gasteiger partial charge in [0.1, 0.15) is 0 Å². The lowest BCUT2D eigenvalue weighted by atomic mass is 11.0. The zero-order chi connectivity index (χ0) is 6.73. The van der Waals surface area contributed by atoms with Crippen molar-refractivity contribution in [2.75, 3.05) is 0 Å². The van der Waals surface area contributed by atoms with Crippen LogP contribution in [0.4, 0.5) is 9.59 Å². The standard InChI is InChI=1S/C2H4N2O3S/c3-1(5)4(8)2(6)7/h8H,(H2,3,5)(H,6,7). The Bertz CT molecular complexity index is 110. The number of nitrogens with two attached hydrogens (primary N) is 1. The fourth-order valence-electron chi connectivity index (χ4n) is 0.0943. The van der Waals surface area contributed by atoms with Crippen molar-refractivity contribution in [2.45, 2.75) is 0 Å². The minimum atomic E-state index is -1.49. The monoisotopic (exact) mass is 136 g/mol. The van der Waals surface area contributed by atoms with Gasteiger partial charge >= 0.3 is 12.1 Å². The molecule has 6 heteroatoms. The normalized spacial score (nSPS) is 8.12. The second-order valence-corrected chi connectivity index (χ2v) is 1.33. The Morgan fingerprint density at radius 2 is 2.00 bits per heavy atom. The molecule has 0 atom stereocenters. The predicted octanol–water partition coefficient (Wildman–Crippen LogP) is -0.110. The number of carboxylic acid groups (broad SMARTS) is 1. The van der Waals surface area contributed by atoms with Gasteiger partial charge in [-0.05, 0) is 0 Å². The van der Waals surface area contributed by atoms with Gasteiger partial charge in [0.15, 0.2) is 0 Å². The number of rotatable bonds is 0. The van der Waals surface area contributed by atoms with Crippen LogP contribution in [0.15, 0.2) is 0 Å². The largest absolute Gasteiger partial charge is 0.464 e. The first-order chi connectivity index (χ1) is 3.55. The topological polar surface area (TPSA) is 83.6 Å². The average Bonchev–Trinajstić information content (AvgIpc) is 1.64. The SMILES string of the molecule is NC(=O)N(S)C(=O)O. The highest BCUT2D eigenvalue weighted by atomic mass is 32.1. The number of imide groups is 1. The van der Waals surface area contributed by atoms with E-state index in [0.29, 0.717) is 0 Å². The maximum atomic E-state index is 9.83. The molecular weight excluding hydrogens is 132 g/mol. The van der Waals surface area contributed by atoms with Crippen LogP contribution in [0, 0.1) is 0 Å². The predicted molar refractivity (Wildman–Crippen MR) is 28.4 cm³/mol. The molecule has 0 unspecified atom stereocenters. The Morgan fingerprint density at radius 3 is 2.00 bits per heavy atom. The molecule has 0 heterocycles. The third kappa shape index (κ3) is 1.69. The molecule has 0 aliphatic carbocycles. The Hall–Kier alpha value is -0.910. The molecule has 0 bridgehead atoms. The summed E-state index contributed by atoms with van der Waals surface area (Å²) in [5.41, 5.74) is 4.47. The van der Waals surface area contributed by atoms with Crippen molar-refractivity contribution in [1.82, 2.24) is 4.31 Å². The molecule has 0 fully saturated rings. The van der Waals surface area contributed by atoms with Gasteiger partial charge in [0.05, 0.1) is 0 Å². The number of urea groups is 1. The van der Waals surface area contributed by atoms with Crippen LogP contribution >= 0.6 is 12.8 Å². The molecule has 0 aliphatic heterocycles. The highest BCUT2D eigenvalue weighted by Gasteiger charge is 2.10. The van der Waals surface area contributed by atoms with Crippen LogP contribution in [0.2, 0.25) is 0 Å². The van der Waals surface area contributed by atoms with E-state index < -0.39 is 12.1 Å². The lowest BCUT2D eigenvalue weighted by Gasteiger charge is -2.02. The van der Waals surface area contributed by atoms with Crippen LogP contribution < -0.4 is 5.73 Å². The van der Waals surface area contributed by atoms with Crippen molar-refractivity contribution in [3.63, 3.8) is 0 Å². The molecule has 3 amide bonds. The molecule has 0 rings (SSSR count). The Balaban J connectivity index is 3.83. The number of primary amides is 1. The van der Waals surface area contributed by atoms with E-state index in [1.807, 2.05) is 0 Å². The van der Waals surface area contributed by atoms with Gasteiger partial charge in [-0.1, -0.05) is 12.8 Å². The number of hydrogen-bond donors (Lipinski definition) is 3. The third-order valence-corrected chi connectivity index (χ3v) is 0.758. The number of hydrogen-bond acceptors (Lipinski definition) is 3. The zero-order valence-electron chi connectivity index (χ0n) is 3.74. The van der Waals surface area contributed by atoms with Crippen LogP contribution in [0.5, 0.6) is 0 Å². The van der Waals surface area contributed by atoms with E-state index in [1.165, 1.54) is 0 Å². The summed E-state index contributed by atoms with van der Waals surface area (Å²) in [6, 6.07) is -1.11. The minimum Gasteiger partial charge on any atom is -0.464 e. The van der Waals surface area contributed by atoms with E-state index in [2.05, 4.69) is 18.5 Å². The summed E-state index contributed by atoms with van der Waals surface area (Å²) in [7, 11) is 0. The molecule has 0 spiro atoms. The summed E-state index contributed by atoms with van der Waals surface area (Å²) in [6.07, 6.45) is -1.49.